The Kier molecular flexibility index (Phi) is 5.23. The van der Waals surface area contributed by atoms with Crippen LogP contribution in [-0.2, 0) is 9.53 Å². The summed E-state index contributed by atoms with van der Waals surface area (Å²) in [5.41, 5.74) is 1.52. The number of esters is 1. The van der Waals surface area contributed by atoms with Gasteiger partial charge in [-0.05, 0) is 55.3 Å². The van der Waals surface area contributed by atoms with E-state index in [9.17, 15) is 14.9 Å². The zero-order chi connectivity index (χ0) is 20.3. The van der Waals surface area contributed by atoms with E-state index in [1.807, 2.05) is 19.9 Å². The van der Waals surface area contributed by atoms with Crippen molar-refractivity contribution >= 4 is 17.7 Å². The zero-order valence-electron chi connectivity index (χ0n) is 15.6. The van der Waals surface area contributed by atoms with Crippen LogP contribution in [0.3, 0.4) is 0 Å². The topological polar surface area (TPSA) is 93.7 Å². The van der Waals surface area contributed by atoms with Gasteiger partial charge in [0.2, 0.25) is 5.88 Å². The predicted octanol–water partition coefficient (Wildman–Crippen LogP) is 3.18. The Morgan fingerprint density at radius 3 is 2.57 bits per heavy atom. The third-order valence-electron chi connectivity index (χ3n) is 3.96. The lowest BCUT2D eigenvalue weighted by molar-refractivity contribution is -0.135. The number of aromatic nitrogens is 2. The smallest absolute Gasteiger partial charge is 0.348 e. The standard InChI is InChI=1S/C21H17N3O4/c1-13-8-14(2)10-16(9-13)28-19-17(11-15(12-22)21(26)27-3)20(25)24-7-5-4-6-18(24)23-19/h4-11H,1-3H3/b15-11+. The zero-order valence-corrected chi connectivity index (χ0v) is 15.6. The quantitative estimate of drug-likeness (QED) is 0.395. The summed E-state index contributed by atoms with van der Waals surface area (Å²) in [6, 6.07) is 12.4. The molecule has 3 aromatic rings. The molecule has 0 saturated carbocycles. The SMILES string of the molecule is COC(=O)/C(C#N)=C/c1c(Oc2cc(C)cc(C)c2)nc2ccccn2c1=O. The van der Waals surface area contributed by atoms with E-state index in [0.29, 0.717) is 11.4 Å². The number of hydrogen-bond donors (Lipinski definition) is 0. The van der Waals surface area contributed by atoms with Gasteiger partial charge in [0.25, 0.3) is 5.56 Å². The fourth-order valence-electron chi connectivity index (χ4n) is 2.78. The molecule has 28 heavy (non-hydrogen) atoms. The summed E-state index contributed by atoms with van der Waals surface area (Å²) in [5, 5.41) is 9.26. The van der Waals surface area contributed by atoms with Crippen LogP contribution >= 0.6 is 0 Å². The summed E-state index contributed by atoms with van der Waals surface area (Å²) < 4.78 is 11.8. The minimum absolute atomic E-state index is 0.00199. The molecular formula is C21H17N3O4. The first-order valence-corrected chi connectivity index (χ1v) is 8.40. The van der Waals surface area contributed by atoms with Gasteiger partial charge in [-0.25, -0.2) is 4.79 Å². The molecule has 2 heterocycles. The minimum Gasteiger partial charge on any atom is -0.465 e. The van der Waals surface area contributed by atoms with Crippen LogP contribution < -0.4 is 10.3 Å². The van der Waals surface area contributed by atoms with Crippen molar-refractivity contribution in [1.29, 1.82) is 5.26 Å². The Morgan fingerprint density at radius 1 is 1.21 bits per heavy atom. The maximum absolute atomic E-state index is 13.0. The second kappa shape index (κ2) is 7.76. The summed E-state index contributed by atoms with van der Waals surface area (Å²) >= 11 is 0. The van der Waals surface area contributed by atoms with E-state index in [2.05, 4.69) is 9.72 Å². The molecule has 0 aliphatic carbocycles. The molecule has 0 bridgehead atoms. The van der Waals surface area contributed by atoms with E-state index in [1.165, 1.54) is 4.40 Å². The minimum atomic E-state index is -0.850. The lowest BCUT2D eigenvalue weighted by Gasteiger charge is -2.11. The molecule has 0 aliphatic rings. The molecule has 7 heteroatoms. The number of rotatable bonds is 4. The first-order valence-electron chi connectivity index (χ1n) is 8.40. The van der Waals surface area contributed by atoms with Gasteiger partial charge >= 0.3 is 5.97 Å². The number of nitrogens with zero attached hydrogens (tertiary/aromatic N) is 3. The number of carbonyl (C=O) groups is 1. The first kappa shape index (κ1) is 18.9. The number of hydrogen-bond acceptors (Lipinski definition) is 6. The Bertz CT molecular complexity index is 1180. The average molecular weight is 375 g/mol. The monoisotopic (exact) mass is 375 g/mol. The Morgan fingerprint density at radius 2 is 1.93 bits per heavy atom. The number of aryl methyl sites for hydroxylation is 2. The largest absolute Gasteiger partial charge is 0.465 e. The van der Waals surface area contributed by atoms with Crippen LogP contribution in [0.5, 0.6) is 11.6 Å². The number of nitriles is 1. The number of pyridine rings is 1. The van der Waals surface area contributed by atoms with Crippen LogP contribution in [-0.4, -0.2) is 22.5 Å². The van der Waals surface area contributed by atoms with Crippen LogP contribution in [0, 0.1) is 25.2 Å². The van der Waals surface area contributed by atoms with Gasteiger partial charge in [-0.2, -0.15) is 10.2 Å². The van der Waals surface area contributed by atoms with E-state index >= 15 is 0 Å². The molecule has 7 nitrogen and oxygen atoms in total. The van der Waals surface area contributed by atoms with Gasteiger partial charge in [0.15, 0.2) is 0 Å². The van der Waals surface area contributed by atoms with Crippen molar-refractivity contribution in [1.82, 2.24) is 9.38 Å². The molecule has 1 aromatic carbocycles. The van der Waals surface area contributed by atoms with Crippen LogP contribution in [0.4, 0.5) is 0 Å². The van der Waals surface area contributed by atoms with Gasteiger partial charge in [0.1, 0.15) is 28.6 Å². The van der Waals surface area contributed by atoms with E-state index in [0.717, 1.165) is 24.3 Å². The lowest BCUT2D eigenvalue weighted by atomic mass is 10.1. The molecular weight excluding hydrogens is 358 g/mol. The summed E-state index contributed by atoms with van der Waals surface area (Å²) in [4.78, 5) is 29.2. The van der Waals surface area contributed by atoms with Crippen LogP contribution in [0.15, 0.2) is 53.0 Å². The molecule has 2 aromatic heterocycles. The maximum Gasteiger partial charge on any atom is 0.348 e. The molecule has 3 rings (SSSR count). The van der Waals surface area contributed by atoms with E-state index in [1.54, 1.807) is 42.6 Å². The second-order valence-corrected chi connectivity index (χ2v) is 6.15. The fraction of sp³-hybridized carbons (Fsp3) is 0.143. The van der Waals surface area contributed by atoms with E-state index < -0.39 is 11.5 Å². The molecule has 0 radical (unpaired) electrons. The van der Waals surface area contributed by atoms with Crippen molar-refractivity contribution in [2.75, 3.05) is 7.11 Å². The van der Waals surface area contributed by atoms with Crippen LogP contribution in [0.1, 0.15) is 16.7 Å². The lowest BCUT2D eigenvalue weighted by Crippen LogP contribution is -2.19. The highest BCUT2D eigenvalue weighted by molar-refractivity contribution is 5.98. The van der Waals surface area contributed by atoms with Crippen molar-refractivity contribution < 1.29 is 14.3 Å². The molecule has 0 aliphatic heterocycles. The summed E-state index contributed by atoms with van der Waals surface area (Å²) in [5.74, 6) is -0.355. The summed E-state index contributed by atoms with van der Waals surface area (Å²) in [6.07, 6.45) is 2.69. The number of ether oxygens (including phenoxy) is 2. The first-order chi connectivity index (χ1) is 13.4. The second-order valence-electron chi connectivity index (χ2n) is 6.15. The van der Waals surface area contributed by atoms with Crippen molar-refractivity contribution in [2.45, 2.75) is 13.8 Å². The van der Waals surface area contributed by atoms with Crippen molar-refractivity contribution in [3.05, 3.63) is 75.2 Å². The maximum atomic E-state index is 13.0. The molecule has 0 unspecified atom stereocenters. The van der Waals surface area contributed by atoms with Crippen molar-refractivity contribution in [3.63, 3.8) is 0 Å². The Labute approximate surface area is 161 Å². The van der Waals surface area contributed by atoms with Gasteiger partial charge in [0.05, 0.1) is 7.11 Å². The number of methoxy groups -OCH3 is 1. The van der Waals surface area contributed by atoms with Gasteiger partial charge in [-0.3, -0.25) is 9.20 Å². The van der Waals surface area contributed by atoms with E-state index in [4.69, 9.17) is 4.74 Å². The third-order valence-corrected chi connectivity index (χ3v) is 3.96. The predicted molar refractivity (Wildman–Crippen MR) is 103 cm³/mol. The molecule has 0 N–H and O–H groups in total. The molecule has 0 amide bonds. The highest BCUT2D eigenvalue weighted by Crippen LogP contribution is 2.26. The van der Waals surface area contributed by atoms with Crippen molar-refractivity contribution in [3.8, 4) is 17.7 Å². The summed E-state index contributed by atoms with van der Waals surface area (Å²) in [6.45, 7) is 3.85. The highest BCUT2D eigenvalue weighted by Gasteiger charge is 2.17. The number of carbonyl (C=O) groups excluding carboxylic acids is 1. The molecule has 140 valence electrons. The average Bonchev–Trinajstić information content (AvgIpc) is 2.66. The fourth-order valence-corrected chi connectivity index (χ4v) is 2.78. The molecule has 0 fully saturated rings. The Balaban J connectivity index is 2.25. The third kappa shape index (κ3) is 3.76. The molecule has 0 saturated heterocycles. The molecule has 0 atom stereocenters. The van der Waals surface area contributed by atoms with Gasteiger partial charge in [-0.15, -0.1) is 0 Å². The van der Waals surface area contributed by atoms with E-state index in [-0.39, 0.29) is 17.0 Å². The van der Waals surface area contributed by atoms with Crippen LogP contribution in [0.25, 0.3) is 11.7 Å². The normalized spacial score (nSPS) is 11.1. The summed E-state index contributed by atoms with van der Waals surface area (Å²) in [7, 11) is 1.16. The Hall–Kier alpha value is -3.92. The van der Waals surface area contributed by atoms with Gasteiger partial charge in [0, 0.05) is 6.20 Å². The molecule has 0 spiro atoms. The van der Waals surface area contributed by atoms with Crippen LogP contribution in [0.2, 0.25) is 0 Å². The van der Waals surface area contributed by atoms with Gasteiger partial charge in [-0.1, -0.05) is 12.1 Å². The van der Waals surface area contributed by atoms with Crippen molar-refractivity contribution in [2.24, 2.45) is 0 Å². The number of fused-ring (bicyclic) bond motifs is 1. The highest BCUT2D eigenvalue weighted by atomic mass is 16.5. The van der Waals surface area contributed by atoms with Gasteiger partial charge < -0.3 is 9.47 Å². The number of benzene rings is 1.